The number of hydrogen-bond donors (Lipinski definition) is 1. The third-order valence-electron chi connectivity index (χ3n) is 4.29. The van der Waals surface area contributed by atoms with E-state index < -0.39 is 0 Å². The van der Waals surface area contributed by atoms with Crippen LogP contribution in [0.3, 0.4) is 0 Å². The summed E-state index contributed by atoms with van der Waals surface area (Å²) in [6, 6.07) is 0.557. The molecule has 2 rings (SSSR count). The van der Waals surface area contributed by atoms with Crippen LogP contribution in [0.5, 0.6) is 0 Å². The van der Waals surface area contributed by atoms with Crippen LogP contribution in [-0.4, -0.2) is 61.5 Å². The Hall–Kier alpha value is -0.320. The van der Waals surface area contributed by atoms with Crippen molar-refractivity contribution in [1.82, 2.24) is 15.1 Å². The number of rotatable bonds is 4. The lowest BCUT2D eigenvalue weighted by atomic mass is 10.0. The molecule has 4 nitrogen and oxygen atoms in total. The Bertz CT molecular complexity index is 288. The Morgan fingerprint density at radius 2 is 2.00 bits per heavy atom. The van der Waals surface area contributed by atoms with Crippen LogP contribution in [0.2, 0.25) is 0 Å². The van der Waals surface area contributed by atoms with E-state index in [1.807, 2.05) is 7.05 Å². The van der Waals surface area contributed by atoms with E-state index in [1.165, 1.54) is 25.7 Å². The number of nitrogens with zero attached hydrogens (tertiary/aromatic N) is 2. The molecule has 2 heterocycles. The highest BCUT2D eigenvalue weighted by Gasteiger charge is 2.28. The molecule has 2 atom stereocenters. The van der Waals surface area contributed by atoms with Gasteiger partial charge in [0, 0.05) is 25.7 Å². The standard InChI is InChI=1S/C14H27N3O.ClH/c1-12-5-3-8-17(10-12)14(18)11-16-7-4-6-13(16)9-15-2;/h12-13,15H,3-11H2,1-2H3;1H. The highest BCUT2D eigenvalue weighted by Crippen LogP contribution is 2.19. The summed E-state index contributed by atoms with van der Waals surface area (Å²) in [5.41, 5.74) is 0. The van der Waals surface area contributed by atoms with Gasteiger partial charge in [-0.3, -0.25) is 9.69 Å². The van der Waals surface area contributed by atoms with Crippen molar-refractivity contribution in [3.8, 4) is 0 Å². The summed E-state index contributed by atoms with van der Waals surface area (Å²) in [6.45, 7) is 6.89. The Labute approximate surface area is 123 Å². The van der Waals surface area contributed by atoms with Crippen molar-refractivity contribution in [2.75, 3.05) is 39.8 Å². The molecule has 1 amide bonds. The second-order valence-corrected chi connectivity index (χ2v) is 5.91. The van der Waals surface area contributed by atoms with E-state index >= 15 is 0 Å². The molecule has 2 aliphatic rings. The maximum atomic E-state index is 12.3. The molecule has 0 saturated carbocycles. The molecule has 2 fully saturated rings. The van der Waals surface area contributed by atoms with Gasteiger partial charge < -0.3 is 10.2 Å². The number of nitrogens with one attached hydrogen (secondary N) is 1. The maximum absolute atomic E-state index is 12.3. The Morgan fingerprint density at radius 1 is 1.26 bits per heavy atom. The summed E-state index contributed by atoms with van der Waals surface area (Å²) >= 11 is 0. The monoisotopic (exact) mass is 289 g/mol. The number of likely N-dealkylation sites (N-methyl/N-ethyl adjacent to an activating group) is 1. The molecule has 112 valence electrons. The molecule has 1 N–H and O–H groups in total. The molecule has 0 aromatic rings. The Kier molecular flexibility index (Phi) is 7.11. The predicted molar refractivity (Wildman–Crippen MR) is 80.7 cm³/mol. The fourth-order valence-corrected chi connectivity index (χ4v) is 3.26. The van der Waals surface area contributed by atoms with Gasteiger partial charge in [-0.2, -0.15) is 0 Å². The van der Waals surface area contributed by atoms with Gasteiger partial charge in [-0.25, -0.2) is 0 Å². The maximum Gasteiger partial charge on any atom is 0.236 e. The normalized spacial score (nSPS) is 28.2. The fourth-order valence-electron chi connectivity index (χ4n) is 3.26. The van der Waals surface area contributed by atoms with Crippen molar-refractivity contribution in [2.24, 2.45) is 5.92 Å². The van der Waals surface area contributed by atoms with E-state index in [0.717, 1.165) is 26.2 Å². The molecule has 0 spiro atoms. The number of halogens is 1. The first-order chi connectivity index (χ1) is 8.70. The largest absolute Gasteiger partial charge is 0.341 e. The zero-order chi connectivity index (χ0) is 13.0. The number of carbonyl (C=O) groups is 1. The van der Waals surface area contributed by atoms with Crippen molar-refractivity contribution in [1.29, 1.82) is 0 Å². The molecule has 0 aliphatic carbocycles. The molecule has 19 heavy (non-hydrogen) atoms. The van der Waals surface area contributed by atoms with Crippen LogP contribution in [0, 0.1) is 5.92 Å². The van der Waals surface area contributed by atoms with E-state index in [2.05, 4.69) is 22.0 Å². The zero-order valence-electron chi connectivity index (χ0n) is 12.2. The second kappa shape index (κ2) is 8.08. The molecular weight excluding hydrogens is 262 g/mol. The van der Waals surface area contributed by atoms with Gasteiger partial charge in [-0.1, -0.05) is 6.92 Å². The van der Waals surface area contributed by atoms with E-state index in [-0.39, 0.29) is 12.4 Å². The van der Waals surface area contributed by atoms with Crippen LogP contribution in [0.1, 0.15) is 32.6 Å². The van der Waals surface area contributed by atoms with Crippen LogP contribution >= 0.6 is 12.4 Å². The summed E-state index contributed by atoms with van der Waals surface area (Å²) < 4.78 is 0. The summed E-state index contributed by atoms with van der Waals surface area (Å²) in [5.74, 6) is 1.01. The minimum Gasteiger partial charge on any atom is -0.341 e. The minimum atomic E-state index is 0. The summed E-state index contributed by atoms with van der Waals surface area (Å²) in [6.07, 6.45) is 4.91. The van der Waals surface area contributed by atoms with Crippen LogP contribution in [-0.2, 0) is 4.79 Å². The van der Waals surface area contributed by atoms with Crippen molar-refractivity contribution in [3.05, 3.63) is 0 Å². The van der Waals surface area contributed by atoms with E-state index in [4.69, 9.17) is 0 Å². The molecule has 0 aromatic heterocycles. The molecule has 2 aliphatic heterocycles. The minimum absolute atomic E-state index is 0. The highest BCUT2D eigenvalue weighted by molar-refractivity contribution is 5.85. The van der Waals surface area contributed by atoms with Crippen LogP contribution in [0.15, 0.2) is 0 Å². The molecule has 0 aromatic carbocycles. The van der Waals surface area contributed by atoms with Crippen molar-refractivity contribution >= 4 is 18.3 Å². The summed E-state index contributed by atoms with van der Waals surface area (Å²) in [5, 5.41) is 3.23. The van der Waals surface area contributed by atoms with Gasteiger partial charge in [0.25, 0.3) is 0 Å². The Morgan fingerprint density at radius 3 is 2.68 bits per heavy atom. The van der Waals surface area contributed by atoms with Gasteiger partial charge in [0.15, 0.2) is 0 Å². The van der Waals surface area contributed by atoms with Crippen LogP contribution < -0.4 is 5.32 Å². The molecule has 2 unspecified atom stereocenters. The quantitative estimate of drug-likeness (QED) is 0.849. The number of likely N-dealkylation sites (tertiary alicyclic amines) is 2. The van der Waals surface area contributed by atoms with E-state index in [0.29, 0.717) is 24.4 Å². The number of hydrogen-bond acceptors (Lipinski definition) is 3. The third-order valence-corrected chi connectivity index (χ3v) is 4.29. The van der Waals surface area contributed by atoms with Crippen molar-refractivity contribution in [3.63, 3.8) is 0 Å². The van der Waals surface area contributed by atoms with Gasteiger partial charge >= 0.3 is 0 Å². The predicted octanol–water partition coefficient (Wildman–Crippen LogP) is 1.35. The smallest absolute Gasteiger partial charge is 0.236 e. The lowest BCUT2D eigenvalue weighted by Crippen LogP contribution is -2.47. The molecule has 0 radical (unpaired) electrons. The topological polar surface area (TPSA) is 35.6 Å². The first-order valence-electron chi connectivity index (χ1n) is 7.37. The lowest BCUT2D eigenvalue weighted by molar-refractivity contribution is -0.134. The van der Waals surface area contributed by atoms with Crippen LogP contribution in [0.4, 0.5) is 0 Å². The fraction of sp³-hybridized carbons (Fsp3) is 0.929. The lowest BCUT2D eigenvalue weighted by Gasteiger charge is -2.33. The summed E-state index contributed by atoms with van der Waals surface area (Å²) in [7, 11) is 1.99. The highest BCUT2D eigenvalue weighted by atomic mass is 35.5. The average molecular weight is 290 g/mol. The SMILES string of the molecule is CNCC1CCCN1CC(=O)N1CCCC(C)C1.Cl. The van der Waals surface area contributed by atoms with Crippen molar-refractivity contribution < 1.29 is 4.79 Å². The van der Waals surface area contributed by atoms with Gasteiger partial charge in [-0.05, 0) is 45.2 Å². The number of piperidine rings is 1. The van der Waals surface area contributed by atoms with E-state index in [9.17, 15) is 4.79 Å². The number of amides is 1. The first kappa shape index (κ1) is 16.7. The first-order valence-corrected chi connectivity index (χ1v) is 7.37. The molecular formula is C14H28ClN3O. The van der Waals surface area contributed by atoms with Gasteiger partial charge in [0.2, 0.25) is 5.91 Å². The van der Waals surface area contributed by atoms with E-state index in [1.54, 1.807) is 0 Å². The summed E-state index contributed by atoms with van der Waals surface area (Å²) in [4.78, 5) is 16.7. The van der Waals surface area contributed by atoms with Gasteiger partial charge in [0.05, 0.1) is 6.54 Å². The zero-order valence-corrected chi connectivity index (χ0v) is 13.0. The van der Waals surface area contributed by atoms with Crippen LogP contribution in [0.25, 0.3) is 0 Å². The van der Waals surface area contributed by atoms with Gasteiger partial charge in [0.1, 0.15) is 0 Å². The molecule has 5 heteroatoms. The van der Waals surface area contributed by atoms with Crippen molar-refractivity contribution in [2.45, 2.75) is 38.6 Å². The number of carbonyl (C=O) groups excluding carboxylic acids is 1. The second-order valence-electron chi connectivity index (χ2n) is 5.91. The third kappa shape index (κ3) is 4.62. The Balaban J connectivity index is 0.00000180. The van der Waals surface area contributed by atoms with Gasteiger partial charge in [-0.15, -0.1) is 12.4 Å². The molecule has 2 saturated heterocycles. The average Bonchev–Trinajstić information content (AvgIpc) is 2.77. The molecule has 0 bridgehead atoms.